The molecule has 2 N–H and O–H groups in total. The fourth-order valence-corrected chi connectivity index (χ4v) is 2.85. The first kappa shape index (κ1) is 11.3. The Labute approximate surface area is 109 Å². The van der Waals surface area contributed by atoms with E-state index in [9.17, 15) is 4.79 Å². The number of carbonyl (C=O) groups excluding carboxylic acids is 1. The molecule has 0 spiro atoms. The number of nitrogens with one attached hydrogen (secondary N) is 2. The van der Waals surface area contributed by atoms with Gasteiger partial charge in [0.25, 0.3) is 0 Å². The lowest BCUT2D eigenvalue weighted by molar-refractivity contribution is -0.120. The summed E-state index contributed by atoms with van der Waals surface area (Å²) in [7, 11) is 0. The molecule has 1 aliphatic rings. The molecule has 0 aromatic carbocycles. The molecule has 92 valence electrons. The van der Waals surface area contributed by atoms with Crippen LogP contribution in [0.3, 0.4) is 0 Å². The largest absolute Gasteiger partial charge is 0.351 e. The summed E-state index contributed by atoms with van der Waals surface area (Å²) in [5.74, 6) is 0.100. The zero-order chi connectivity index (χ0) is 12.4. The van der Waals surface area contributed by atoms with E-state index in [0.717, 1.165) is 23.0 Å². The number of carbonyl (C=O) groups is 1. The van der Waals surface area contributed by atoms with Crippen LogP contribution in [-0.4, -0.2) is 21.1 Å². The SMILES string of the molecule is O=C(NCc1c[nH]c2ncccc12)C1CC=CS1. The Morgan fingerprint density at radius 1 is 1.61 bits per heavy atom. The molecule has 1 atom stereocenters. The summed E-state index contributed by atoms with van der Waals surface area (Å²) in [5, 5.41) is 6.06. The van der Waals surface area contributed by atoms with Gasteiger partial charge in [0.15, 0.2) is 0 Å². The van der Waals surface area contributed by atoms with Crippen molar-refractivity contribution in [2.45, 2.75) is 18.2 Å². The van der Waals surface area contributed by atoms with Crippen molar-refractivity contribution >= 4 is 28.7 Å². The van der Waals surface area contributed by atoms with Crippen LogP contribution in [0.4, 0.5) is 0 Å². The first-order valence-corrected chi connectivity index (χ1v) is 6.78. The molecular formula is C13H13N3OS. The van der Waals surface area contributed by atoms with E-state index >= 15 is 0 Å². The number of hydrogen-bond donors (Lipinski definition) is 2. The van der Waals surface area contributed by atoms with Crippen LogP contribution >= 0.6 is 11.8 Å². The van der Waals surface area contributed by atoms with Gasteiger partial charge in [0.05, 0.1) is 5.25 Å². The maximum absolute atomic E-state index is 11.9. The van der Waals surface area contributed by atoms with Crippen LogP contribution in [0.5, 0.6) is 0 Å². The topological polar surface area (TPSA) is 57.8 Å². The lowest BCUT2D eigenvalue weighted by Crippen LogP contribution is -2.30. The van der Waals surface area contributed by atoms with E-state index in [0.29, 0.717) is 6.54 Å². The number of pyridine rings is 1. The van der Waals surface area contributed by atoms with Crippen molar-refractivity contribution in [3.8, 4) is 0 Å². The smallest absolute Gasteiger partial charge is 0.234 e. The second-order valence-corrected chi connectivity index (χ2v) is 5.28. The van der Waals surface area contributed by atoms with Gasteiger partial charge in [0.1, 0.15) is 5.65 Å². The molecule has 0 fully saturated rings. The van der Waals surface area contributed by atoms with Gasteiger partial charge in [-0.05, 0) is 29.5 Å². The lowest BCUT2D eigenvalue weighted by atomic mass is 10.2. The Hall–Kier alpha value is -1.75. The Morgan fingerprint density at radius 2 is 2.56 bits per heavy atom. The minimum Gasteiger partial charge on any atom is -0.351 e. The molecule has 3 heterocycles. The molecule has 18 heavy (non-hydrogen) atoms. The third-order valence-electron chi connectivity index (χ3n) is 2.97. The molecule has 2 aromatic heterocycles. The number of rotatable bonds is 3. The Bertz CT molecular complexity index is 597. The van der Waals surface area contributed by atoms with E-state index in [-0.39, 0.29) is 11.2 Å². The number of H-pyrrole nitrogens is 1. The zero-order valence-electron chi connectivity index (χ0n) is 9.72. The summed E-state index contributed by atoms with van der Waals surface area (Å²) in [6.45, 7) is 0.543. The minimum absolute atomic E-state index is 0.0355. The molecule has 2 aromatic rings. The monoisotopic (exact) mass is 259 g/mol. The lowest BCUT2D eigenvalue weighted by Gasteiger charge is -2.09. The maximum atomic E-state index is 11.9. The van der Waals surface area contributed by atoms with Crippen molar-refractivity contribution in [2.75, 3.05) is 0 Å². The van der Waals surface area contributed by atoms with Crippen LogP contribution in [0.1, 0.15) is 12.0 Å². The summed E-state index contributed by atoms with van der Waals surface area (Å²) in [4.78, 5) is 19.2. The van der Waals surface area contributed by atoms with Crippen molar-refractivity contribution in [1.29, 1.82) is 0 Å². The van der Waals surface area contributed by atoms with Crippen molar-refractivity contribution in [1.82, 2.24) is 15.3 Å². The van der Waals surface area contributed by atoms with Crippen LogP contribution in [0.25, 0.3) is 11.0 Å². The highest BCUT2D eigenvalue weighted by Crippen LogP contribution is 2.24. The van der Waals surface area contributed by atoms with Gasteiger partial charge in [-0.25, -0.2) is 4.98 Å². The summed E-state index contributed by atoms with van der Waals surface area (Å²) in [6, 6.07) is 3.91. The third-order valence-corrected chi connectivity index (χ3v) is 4.06. The van der Waals surface area contributed by atoms with Crippen LogP contribution in [-0.2, 0) is 11.3 Å². The molecule has 5 heteroatoms. The minimum atomic E-state index is 0.0355. The molecule has 0 saturated heterocycles. The fraction of sp³-hybridized carbons (Fsp3) is 0.231. The summed E-state index contributed by atoms with van der Waals surface area (Å²) >= 11 is 1.58. The average Bonchev–Trinajstić information content (AvgIpc) is 3.06. The number of fused-ring (bicyclic) bond motifs is 1. The van der Waals surface area contributed by atoms with Crippen LogP contribution in [0.2, 0.25) is 0 Å². The second kappa shape index (κ2) is 4.86. The second-order valence-electron chi connectivity index (χ2n) is 4.16. The standard InChI is InChI=1S/C13H13N3OS/c17-13(11-4-2-6-18-11)16-8-9-7-15-12-10(9)3-1-5-14-12/h1-3,5-7,11H,4,8H2,(H,14,15)(H,16,17). The number of hydrogen-bond acceptors (Lipinski definition) is 3. The van der Waals surface area contributed by atoms with E-state index in [1.54, 1.807) is 18.0 Å². The fourth-order valence-electron chi connectivity index (χ4n) is 2.01. The summed E-state index contributed by atoms with van der Waals surface area (Å²) < 4.78 is 0. The predicted octanol–water partition coefficient (Wildman–Crippen LogP) is 2.20. The molecule has 0 radical (unpaired) electrons. The van der Waals surface area contributed by atoms with Crippen molar-refractivity contribution in [3.63, 3.8) is 0 Å². The molecule has 0 aliphatic carbocycles. The quantitative estimate of drug-likeness (QED) is 0.888. The number of allylic oxidation sites excluding steroid dienone is 1. The maximum Gasteiger partial charge on any atom is 0.234 e. The predicted molar refractivity (Wildman–Crippen MR) is 73.1 cm³/mol. The van der Waals surface area contributed by atoms with E-state index in [1.165, 1.54) is 0 Å². The highest BCUT2D eigenvalue weighted by Gasteiger charge is 2.19. The number of aromatic nitrogens is 2. The molecule has 1 aliphatic heterocycles. The molecule has 1 unspecified atom stereocenters. The van der Waals surface area contributed by atoms with E-state index in [4.69, 9.17) is 0 Å². The summed E-state index contributed by atoms with van der Waals surface area (Å²) in [6.07, 6.45) is 6.51. The molecule has 4 nitrogen and oxygen atoms in total. The van der Waals surface area contributed by atoms with Gasteiger partial charge in [-0.15, -0.1) is 11.8 Å². The number of thioether (sulfide) groups is 1. The van der Waals surface area contributed by atoms with Gasteiger partial charge in [-0.2, -0.15) is 0 Å². The third kappa shape index (κ3) is 2.13. The number of amides is 1. The normalized spacial score (nSPS) is 18.3. The Balaban J connectivity index is 1.68. The van der Waals surface area contributed by atoms with Crippen molar-refractivity contribution in [2.24, 2.45) is 0 Å². The number of aromatic amines is 1. The Morgan fingerprint density at radius 3 is 3.39 bits per heavy atom. The highest BCUT2D eigenvalue weighted by molar-refractivity contribution is 8.03. The molecule has 3 rings (SSSR count). The highest BCUT2D eigenvalue weighted by atomic mass is 32.2. The van der Waals surface area contributed by atoms with Gasteiger partial charge in [0, 0.05) is 24.3 Å². The van der Waals surface area contributed by atoms with Crippen LogP contribution in [0.15, 0.2) is 36.0 Å². The van der Waals surface area contributed by atoms with E-state index in [1.807, 2.05) is 29.8 Å². The van der Waals surface area contributed by atoms with Crippen LogP contribution < -0.4 is 5.32 Å². The van der Waals surface area contributed by atoms with Gasteiger partial charge < -0.3 is 10.3 Å². The van der Waals surface area contributed by atoms with E-state index in [2.05, 4.69) is 15.3 Å². The molecule has 1 amide bonds. The van der Waals surface area contributed by atoms with E-state index < -0.39 is 0 Å². The van der Waals surface area contributed by atoms with Gasteiger partial charge in [-0.3, -0.25) is 4.79 Å². The van der Waals surface area contributed by atoms with Crippen molar-refractivity contribution in [3.05, 3.63) is 41.6 Å². The zero-order valence-corrected chi connectivity index (χ0v) is 10.5. The average molecular weight is 259 g/mol. The number of nitrogens with zero attached hydrogens (tertiary/aromatic N) is 1. The molecule has 0 bridgehead atoms. The Kier molecular flexibility index (Phi) is 3.06. The van der Waals surface area contributed by atoms with Crippen LogP contribution in [0, 0.1) is 0 Å². The first-order valence-electron chi connectivity index (χ1n) is 5.84. The molecule has 0 saturated carbocycles. The molecular weight excluding hydrogens is 246 g/mol. The van der Waals surface area contributed by atoms with Gasteiger partial charge in [0.2, 0.25) is 5.91 Å². The first-order chi connectivity index (χ1) is 8.84. The van der Waals surface area contributed by atoms with Crippen molar-refractivity contribution < 1.29 is 4.79 Å². The van der Waals surface area contributed by atoms with Gasteiger partial charge >= 0.3 is 0 Å². The summed E-state index contributed by atoms with van der Waals surface area (Å²) in [5.41, 5.74) is 1.93. The van der Waals surface area contributed by atoms with Gasteiger partial charge in [-0.1, -0.05) is 6.08 Å².